The zero-order chi connectivity index (χ0) is 32.3. The third-order valence-electron chi connectivity index (χ3n) is 8.05. The van der Waals surface area contributed by atoms with Crippen molar-refractivity contribution >= 4 is 28.6 Å². The number of carbonyl (C=O) groups is 2. The van der Waals surface area contributed by atoms with Crippen molar-refractivity contribution in [2.24, 2.45) is 0 Å². The van der Waals surface area contributed by atoms with Crippen molar-refractivity contribution in [3.05, 3.63) is 83.4 Å². The summed E-state index contributed by atoms with van der Waals surface area (Å²) in [6, 6.07) is 13.6. The topological polar surface area (TPSA) is 109 Å². The lowest BCUT2D eigenvalue weighted by atomic mass is 9.97. The Balaban J connectivity index is 1.34. The molecule has 14 heteroatoms. The van der Waals surface area contributed by atoms with E-state index in [1.807, 2.05) is 0 Å². The number of amides is 1. The van der Waals surface area contributed by atoms with Crippen LogP contribution in [0.3, 0.4) is 0 Å². The molecule has 3 aromatic carbocycles. The molecule has 46 heavy (non-hydrogen) atoms. The maximum atomic E-state index is 14.5. The highest BCUT2D eigenvalue weighted by Gasteiger charge is 2.48. The van der Waals surface area contributed by atoms with Crippen LogP contribution >= 0.6 is 0 Å². The predicted molar refractivity (Wildman–Crippen MR) is 154 cm³/mol. The number of ether oxygens (including phenoxy) is 3. The molecule has 0 saturated heterocycles. The molecule has 4 heterocycles. The third-order valence-corrected chi connectivity index (χ3v) is 8.05. The first-order chi connectivity index (χ1) is 22.0. The Labute approximate surface area is 258 Å². The van der Waals surface area contributed by atoms with Gasteiger partial charge in [0.05, 0.1) is 42.9 Å². The van der Waals surface area contributed by atoms with E-state index in [4.69, 9.17) is 18.7 Å². The number of nitrogens with zero attached hydrogens (tertiary/aromatic N) is 4. The van der Waals surface area contributed by atoms with Crippen LogP contribution in [0.1, 0.15) is 35.3 Å². The van der Waals surface area contributed by atoms with Gasteiger partial charge in [0.15, 0.2) is 5.82 Å². The van der Waals surface area contributed by atoms with Gasteiger partial charge in [0.2, 0.25) is 0 Å². The second-order valence-corrected chi connectivity index (χ2v) is 10.9. The van der Waals surface area contributed by atoms with Crippen LogP contribution in [-0.2, 0) is 14.3 Å². The van der Waals surface area contributed by atoms with Gasteiger partial charge in [-0.2, -0.15) is 13.2 Å². The van der Waals surface area contributed by atoms with E-state index < -0.39 is 29.9 Å². The fourth-order valence-corrected chi connectivity index (χ4v) is 5.98. The van der Waals surface area contributed by atoms with Crippen molar-refractivity contribution < 1.29 is 45.9 Å². The Morgan fingerprint density at radius 1 is 1.04 bits per heavy atom. The molecule has 0 spiro atoms. The van der Waals surface area contributed by atoms with Crippen LogP contribution in [-0.4, -0.2) is 53.1 Å². The van der Waals surface area contributed by atoms with Crippen LogP contribution in [0.25, 0.3) is 28.2 Å². The highest BCUT2D eigenvalue weighted by atomic mass is 19.4. The number of fused-ring (bicyclic) bond motifs is 3. The number of alkyl halides is 3. The highest BCUT2D eigenvalue weighted by Crippen LogP contribution is 2.47. The fourth-order valence-electron chi connectivity index (χ4n) is 5.98. The Kier molecular flexibility index (Phi) is 6.94. The summed E-state index contributed by atoms with van der Waals surface area (Å²) in [6.45, 7) is 1.52. The van der Waals surface area contributed by atoms with E-state index >= 15 is 0 Å². The van der Waals surface area contributed by atoms with Crippen molar-refractivity contribution in [3.8, 4) is 28.7 Å². The number of rotatable bonds is 6. The maximum Gasteiger partial charge on any atom is 0.471 e. The minimum atomic E-state index is -5.22. The number of hydrogen-bond donors (Lipinski definition) is 0. The molecule has 7 rings (SSSR count). The first kappa shape index (κ1) is 29.3. The molecular formula is C32H24F4N4O6. The average Bonchev–Trinajstić information content (AvgIpc) is 3.82. The van der Waals surface area contributed by atoms with E-state index in [-0.39, 0.29) is 42.7 Å². The van der Waals surface area contributed by atoms with Crippen LogP contribution in [0.5, 0.6) is 11.5 Å². The van der Waals surface area contributed by atoms with Crippen LogP contribution in [0.4, 0.5) is 23.2 Å². The normalized spacial score (nSPS) is 16.9. The van der Waals surface area contributed by atoms with Crippen molar-refractivity contribution in [1.82, 2.24) is 14.7 Å². The average molecular weight is 637 g/mol. The number of esters is 1. The molecule has 0 saturated carbocycles. The minimum Gasteiger partial charge on any atom is -0.493 e. The molecule has 2 aliphatic rings. The predicted octanol–water partition coefficient (Wildman–Crippen LogP) is 6.20. The minimum absolute atomic E-state index is 0.0311. The lowest BCUT2D eigenvalue weighted by Crippen LogP contribution is -2.44. The van der Waals surface area contributed by atoms with Crippen molar-refractivity contribution in [2.45, 2.75) is 31.5 Å². The number of aromatic nitrogens is 3. The number of aryl methyl sites for hydroxylation is 1. The second kappa shape index (κ2) is 10.9. The Bertz CT molecular complexity index is 2020. The summed E-state index contributed by atoms with van der Waals surface area (Å²) in [5, 5.41) is 4.06. The molecular weight excluding hydrogens is 612 g/mol. The number of imidazole rings is 1. The zero-order valence-corrected chi connectivity index (χ0v) is 24.3. The molecule has 2 atom stereocenters. The molecule has 236 valence electrons. The number of anilines is 1. The Morgan fingerprint density at radius 3 is 2.61 bits per heavy atom. The van der Waals surface area contributed by atoms with Gasteiger partial charge < -0.3 is 18.7 Å². The summed E-state index contributed by atoms with van der Waals surface area (Å²) in [4.78, 5) is 30.2. The number of carbonyl (C=O) groups excluding carboxylic acids is 2. The summed E-state index contributed by atoms with van der Waals surface area (Å²) < 4.78 is 80.2. The van der Waals surface area contributed by atoms with Crippen LogP contribution < -0.4 is 14.4 Å². The maximum absolute atomic E-state index is 14.5. The first-order valence-corrected chi connectivity index (χ1v) is 14.1. The molecule has 1 amide bonds. The summed E-state index contributed by atoms with van der Waals surface area (Å²) in [5.41, 5.74) is 2.33. The number of hydrogen-bond acceptors (Lipinski definition) is 8. The quantitative estimate of drug-likeness (QED) is 0.160. The molecule has 0 N–H and O–H groups in total. The van der Waals surface area contributed by atoms with Gasteiger partial charge in [-0.3, -0.25) is 19.1 Å². The van der Waals surface area contributed by atoms with Crippen LogP contribution in [0.2, 0.25) is 0 Å². The summed E-state index contributed by atoms with van der Waals surface area (Å²) in [6.07, 6.45) is -5.19. The number of benzene rings is 3. The first-order valence-electron chi connectivity index (χ1n) is 14.1. The molecule has 10 nitrogen and oxygen atoms in total. The van der Waals surface area contributed by atoms with Gasteiger partial charge in [0.25, 0.3) is 0 Å². The van der Waals surface area contributed by atoms with Crippen LogP contribution in [0, 0.1) is 12.7 Å². The monoisotopic (exact) mass is 636 g/mol. The van der Waals surface area contributed by atoms with E-state index in [0.717, 1.165) is 0 Å². The van der Waals surface area contributed by atoms with E-state index in [0.29, 0.717) is 50.0 Å². The Morgan fingerprint density at radius 2 is 1.87 bits per heavy atom. The number of halogens is 4. The van der Waals surface area contributed by atoms with Crippen molar-refractivity contribution in [3.63, 3.8) is 0 Å². The number of para-hydroxylation sites is 1. The molecule has 2 aromatic heterocycles. The van der Waals surface area contributed by atoms with Crippen LogP contribution in [0.15, 0.2) is 65.2 Å². The lowest BCUT2D eigenvalue weighted by Gasteiger charge is -2.29. The van der Waals surface area contributed by atoms with Gasteiger partial charge in [-0.15, -0.1) is 0 Å². The van der Waals surface area contributed by atoms with E-state index in [1.165, 1.54) is 37.4 Å². The van der Waals surface area contributed by atoms with E-state index in [2.05, 4.69) is 10.1 Å². The molecule has 0 aliphatic carbocycles. The zero-order valence-electron chi connectivity index (χ0n) is 24.3. The SMILES string of the molecule is COC(=O)C[C@@H]1COc2cc(N(C(=O)C(F)(F)F)[C@@H]3COc4c3cccc4-n3c(-c4cc(C)on4)nc4ccc(F)cc43)ccc21. The molecule has 0 fully saturated rings. The van der Waals surface area contributed by atoms with Crippen molar-refractivity contribution in [2.75, 3.05) is 25.2 Å². The lowest BCUT2D eigenvalue weighted by molar-refractivity contribution is -0.171. The highest BCUT2D eigenvalue weighted by molar-refractivity contribution is 5.98. The number of methoxy groups -OCH3 is 1. The van der Waals surface area contributed by atoms with Gasteiger partial charge in [0.1, 0.15) is 35.4 Å². The fraction of sp³-hybridized carbons (Fsp3) is 0.250. The van der Waals surface area contributed by atoms with Gasteiger partial charge >= 0.3 is 18.1 Å². The molecule has 0 unspecified atom stereocenters. The van der Waals surface area contributed by atoms with Gasteiger partial charge in [-0.1, -0.05) is 23.4 Å². The molecule has 2 aliphatic heterocycles. The van der Waals surface area contributed by atoms with Gasteiger partial charge in [-0.05, 0) is 31.2 Å². The molecule has 0 bridgehead atoms. The third kappa shape index (κ3) is 4.89. The summed E-state index contributed by atoms with van der Waals surface area (Å²) >= 11 is 0. The molecule has 5 aromatic rings. The van der Waals surface area contributed by atoms with Gasteiger partial charge in [-0.25, -0.2) is 9.37 Å². The van der Waals surface area contributed by atoms with E-state index in [1.54, 1.807) is 41.8 Å². The summed E-state index contributed by atoms with van der Waals surface area (Å²) in [5.74, 6) is -2.19. The standard InChI is InChI=1S/C32H24F4N4O6/c1-16-10-23(38-46-16)30-37-22-9-6-18(33)12-25(22)40(30)24-5-3-4-21-26(15-45-29(21)24)39(31(42)32(34,35)36)19-7-8-20-17(11-28(41)43-2)14-44-27(20)13-19/h3-10,12-13,17,26H,11,14-15H2,1-2H3/t17-,26-/m1/s1. The smallest absolute Gasteiger partial charge is 0.471 e. The summed E-state index contributed by atoms with van der Waals surface area (Å²) in [7, 11) is 1.26. The van der Waals surface area contributed by atoms with E-state index in [9.17, 15) is 27.2 Å². The Hall–Kier alpha value is -5.40. The van der Waals surface area contributed by atoms with Gasteiger partial charge in [0, 0.05) is 40.9 Å². The van der Waals surface area contributed by atoms with Crippen molar-refractivity contribution in [1.29, 1.82) is 0 Å². The largest absolute Gasteiger partial charge is 0.493 e. The molecule has 0 radical (unpaired) electrons. The second-order valence-electron chi connectivity index (χ2n) is 10.9.